The molecular formula is C26H32N2O6. The second kappa shape index (κ2) is 10.3. The van der Waals surface area contributed by atoms with E-state index < -0.39 is 28.9 Å². The third kappa shape index (κ3) is 5.75. The van der Waals surface area contributed by atoms with Gasteiger partial charge in [0.15, 0.2) is 0 Å². The van der Waals surface area contributed by atoms with Crippen molar-refractivity contribution in [1.29, 1.82) is 0 Å². The van der Waals surface area contributed by atoms with E-state index in [4.69, 9.17) is 14.7 Å². The minimum absolute atomic E-state index is 0.155. The number of likely N-dealkylation sites (tertiary alicyclic amines) is 1. The lowest BCUT2D eigenvalue weighted by Gasteiger charge is -2.31. The molecule has 3 rings (SSSR count). The maximum Gasteiger partial charge on any atom is 0.307 e. The topological polar surface area (TPSA) is 105 Å². The fraction of sp³-hybridized carbons (Fsp3) is 0.423. The van der Waals surface area contributed by atoms with Crippen LogP contribution in [0.2, 0.25) is 0 Å². The van der Waals surface area contributed by atoms with Crippen molar-refractivity contribution in [3.05, 3.63) is 65.7 Å². The Hall–Kier alpha value is -3.39. The van der Waals surface area contributed by atoms with Crippen molar-refractivity contribution >= 4 is 17.8 Å². The van der Waals surface area contributed by atoms with Gasteiger partial charge >= 0.3 is 5.97 Å². The highest BCUT2D eigenvalue weighted by atomic mass is 16.6. The van der Waals surface area contributed by atoms with Crippen molar-refractivity contribution in [1.82, 2.24) is 10.4 Å². The Kier molecular flexibility index (Phi) is 7.61. The molecule has 0 radical (unpaired) electrons. The van der Waals surface area contributed by atoms with Gasteiger partial charge in [-0.05, 0) is 57.4 Å². The van der Waals surface area contributed by atoms with Crippen LogP contribution in [-0.2, 0) is 31.1 Å². The van der Waals surface area contributed by atoms with E-state index in [1.165, 1.54) is 11.8 Å². The van der Waals surface area contributed by atoms with Gasteiger partial charge in [0.05, 0.1) is 11.8 Å². The van der Waals surface area contributed by atoms with Gasteiger partial charge in [0.2, 0.25) is 5.91 Å². The summed E-state index contributed by atoms with van der Waals surface area (Å²) < 4.78 is 11.4. The number of esters is 1. The van der Waals surface area contributed by atoms with Crippen molar-refractivity contribution in [2.75, 3.05) is 6.54 Å². The molecule has 8 nitrogen and oxygen atoms in total. The number of rotatable bonds is 8. The number of hydroxylamine groups is 1. The Labute approximate surface area is 199 Å². The summed E-state index contributed by atoms with van der Waals surface area (Å²) in [5.74, 6) is -0.903. The molecule has 0 aromatic heterocycles. The van der Waals surface area contributed by atoms with Crippen molar-refractivity contribution in [2.24, 2.45) is 0 Å². The van der Waals surface area contributed by atoms with Gasteiger partial charge in [0.1, 0.15) is 24.0 Å². The number of benzene rings is 2. The van der Waals surface area contributed by atoms with Crippen molar-refractivity contribution < 1.29 is 29.1 Å². The minimum Gasteiger partial charge on any atom is -0.489 e. The molecule has 0 bridgehead atoms. The van der Waals surface area contributed by atoms with Crippen molar-refractivity contribution in [3.8, 4) is 5.75 Å². The molecule has 2 amide bonds. The molecule has 34 heavy (non-hydrogen) atoms. The highest BCUT2D eigenvalue weighted by molar-refractivity contribution is 5.97. The van der Waals surface area contributed by atoms with Gasteiger partial charge in [-0.2, -0.15) is 0 Å². The largest absolute Gasteiger partial charge is 0.489 e. The van der Waals surface area contributed by atoms with Gasteiger partial charge in [0.25, 0.3) is 5.91 Å². The lowest BCUT2D eigenvalue weighted by molar-refractivity contribution is -0.158. The van der Waals surface area contributed by atoms with E-state index in [-0.39, 0.29) is 18.9 Å². The Bertz CT molecular complexity index is 1020. The molecule has 0 aliphatic carbocycles. The van der Waals surface area contributed by atoms with Crippen LogP contribution in [0.15, 0.2) is 54.6 Å². The molecule has 0 spiro atoms. The van der Waals surface area contributed by atoms with E-state index in [2.05, 4.69) is 0 Å². The number of hydrogen-bond acceptors (Lipinski definition) is 6. The summed E-state index contributed by atoms with van der Waals surface area (Å²) in [7, 11) is 0. The molecule has 8 heteroatoms. The van der Waals surface area contributed by atoms with Gasteiger partial charge in [-0.1, -0.05) is 42.5 Å². The number of hydrogen-bond donors (Lipinski definition) is 2. The zero-order valence-electron chi connectivity index (χ0n) is 20.0. The fourth-order valence-electron chi connectivity index (χ4n) is 4.17. The van der Waals surface area contributed by atoms with Gasteiger partial charge in [-0.25, -0.2) is 5.48 Å². The molecular weight excluding hydrogens is 436 g/mol. The average Bonchev–Trinajstić information content (AvgIpc) is 3.13. The molecule has 2 aromatic rings. The SMILES string of the molecule is C[C@H](C(=O)NO)N1CCC(CC(=O)OC(C)(C)C)(c2ccc(OCc3ccccc3)cc2)C1=O. The monoisotopic (exact) mass is 468 g/mol. The lowest BCUT2D eigenvalue weighted by atomic mass is 9.76. The predicted octanol–water partition coefficient (Wildman–Crippen LogP) is 3.36. The maximum absolute atomic E-state index is 13.6. The summed E-state index contributed by atoms with van der Waals surface area (Å²) in [6, 6.07) is 16.0. The summed E-state index contributed by atoms with van der Waals surface area (Å²) in [6.07, 6.45) is 0.176. The van der Waals surface area contributed by atoms with Crippen LogP contribution >= 0.6 is 0 Å². The summed E-state index contributed by atoms with van der Waals surface area (Å²) in [4.78, 5) is 39.8. The molecule has 1 fully saturated rings. The van der Waals surface area contributed by atoms with Gasteiger partial charge < -0.3 is 14.4 Å². The van der Waals surface area contributed by atoms with Crippen LogP contribution < -0.4 is 10.2 Å². The summed E-state index contributed by atoms with van der Waals surface area (Å²) in [5, 5.41) is 9.01. The van der Waals surface area contributed by atoms with E-state index >= 15 is 0 Å². The van der Waals surface area contributed by atoms with Crippen LogP contribution in [0.1, 0.15) is 51.7 Å². The van der Waals surface area contributed by atoms with Crippen LogP contribution in [0, 0.1) is 0 Å². The molecule has 1 saturated heterocycles. The lowest BCUT2D eigenvalue weighted by Crippen LogP contribution is -2.48. The number of nitrogens with one attached hydrogen (secondary N) is 1. The Morgan fingerprint density at radius 3 is 2.35 bits per heavy atom. The van der Waals surface area contributed by atoms with E-state index in [9.17, 15) is 14.4 Å². The standard InChI is InChI=1S/C26H32N2O6/c1-18(23(30)27-32)28-15-14-26(24(28)31,16-22(29)34-25(2,3)4)20-10-12-21(13-11-20)33-17-19-8-6-5-7-9-19/h5-13,18,32H,14-17H2,1-4H3,(H,27,30)/t18-,26?/m1/s1. The average molecular weight is 469 g/mol. The Morgan fingerprint density at radius 1 is 1.12 bits per heavy atom. The van der Waals surface area contributed by atoms with Gasteiger partial charge in [-0.3, -0.25) is 19.6 Å². The highest BCUT2D eigenvalue weighted by Gasteiger charge is 2.51. The van der Waals surface area contributed by atoms with Crippen LogP contribution in [0.3, 0.4) is 0 Å². The molecule has 2 atom stereocenters. The van der Waals surface area contributed by atoms with Crippen LogP contribution in [0.5, 0.6) is 5.75 Å². The first kappa shape index (κ1) is 25.2. The number of carbonyl (C=O) groups is 3. The second-order valence-electron chi connectivity index (χ2n) is 9.54. The molecule has 0 saturated carbocycles. The highest BCUT2D eigenvalue weighted by Crippen LogP contribution is 2.41. The zero-order valence-corrected chi connectivity index (χ0v) is 20.0. The Morgan fingerprint density at radius 2 is 1.76 bits per heavy atom. The van der Waals surface area contributed by atoms with Crippen LogP contribution in [0.4, 0.5) is 0 Å². The third-order valence-corrected chi connectivity index (χ3v) is 5.93. The smallest absolute Gasteiger partial charge is 0.307 e. The first-order valence-corrected chi connectivity index (χ1v) is 11.3. The fourth-order valence-corrected chi connectivity index (χ4v) is 4.17. The van der Waals surface area contributed by atoms with Crippen molar-refractivity contribution in [2.45, 2.75) is 64.2 Å². The predicted molar refractivity (Wildman–Crippen MR) is 125 cm³/mol. The number of ether oxygens (including phenoxy) is 2. The number of amides is 2. The number of carbonyl (C=O) groups excluding carboxylic acids is 3. The quantitative estimate of drug-likeness (QED) is 0.350. The Balaban J connectivity index is 1.86. The van der Waals surface area contributed by atoms with Crippen LogP contribution in [-0.4, -0.2) is 46.1 Å². The van der Waals surface area contributed by atoms with E-state index in [0.717, 1.165) is 5.56 Å². The summed E-state index contributed by atoms with van der Waals surface area (Å²) >= 11 is 0. The molecule has 1 aliphatic rings. The second-order valence-corrected chi connectivity index (χ2v) is 9.54. The molecule has 2 aromatic carbocycles. The molecule has 182 valence electrons. The van der Waals surface area contributed by atoms with Crippen molar-refractivity contribution in [3.63, 3.8) is 0 Å². The molecule has 1 aliphatic heterocycles. The zero-order chi connectivity index (χ0) is 24.9. The van der Waals surface area contributed by atoms with Gasteiger partial charge in [-0.15, -0.1) is 0 Å². The normalized spacial score (nSPS) is 19.0. The third-order valence-electron chi connectivity index (χ3n) is 5.93. The van der Waals surface area contributed by atoms with Gasteiger partial charge in [0, 0.05) is 6.54 Å². The number of nitrogens with zero attached hydrogens (tertiary/aromatic N) is 1. The van der Waals surface area contributed by atoms with E-state index in [1.54, 1.807) is 50.5 Å². The minimum atomic E-state index is -1.18. The van der Waals surface area contributed by atoms with E-state index in [0.29, 0.717) is 24.3 Å². The molecule has 1 unspecified atom stereocenters. The summed E-state index contributed by atoms with van der Waals surface area (Å²) in [5.41, 5.74) is 1.40. The van der Waals surface area contributed by atoms with E-state index in [1.807, 2.05) is 30.3 Å². The maximum atomic E-state index is 13.6. The molecule has 2 N–H and O–H groups in total. The summed E-state index contributed by atoms with van der Waals surface area (Å²) in [6.45, 7) is 7.52. The van der Waals surface area contributed by atoms with Crippen LogP contribution in [0.25, 0.3) is 0 Å². The first-order chi connectivity index (χ1) is 16.1. The molecule has 1 heterocycles. The first-order valence-electron chi connectivity index (χ1n) is 11.3.